The van der Waals surface area contributed by atoms with E-state index in [-0.39, 0.29) is 40.2 Å². The summed E-state index contributed by atoms with van der Waals surface area (Å²) in [5.74, 6) is -0.0281. The third-order valence-corrected chi connectivity index (χ3v) is 4.46. The third-order valence-electron chi connectivity index (χ3n) is 4.46. The lowest BCUT2D eigenvalue weighted by Gasteiger charge is -2.23. The molecule has 1 unspecified atom stereocenters. The molecule has 0 spiro atoms. The predicted octanol–water partition coefficient (Wildman–Crippen LogP) is 3.47. The molecule has 0 aliphatic carbocycles. The fraction of sp³-hybridized carbons (Fsp3) is 0.200. The van der Waals surface area contributed by atoms with Crippen LogP contribution in [0.1, 0.15) is 30.5 Å². The summed E-state index contributed by atoms with van der Waals surface area (Å²) in [6.45, 7) is 1.69. The number of carbonyl (C=O) groups is 1. The fourth-order valence-electron chi connectivity index (χ4n) is 3.09. The first-order chi connectivity index (χ1) is 13.5. The highest BCUT2D eigenvalue weighted by molar-refractivity contribution is 5.94. The number of hydrogen-bond acceptors (Lipinski definition) is 6. The smallest absolute Gasteiger partial charge is 0.279 e. The molecule has 3 rings (SSSR count). The minimum atomic E-state index is -0.853. The second-order valence-corrected chi connectivity index (χ2v) is 6.09. The number of amides is 1. The van der Waals surface area contributed by atoms with Crippen LogP contribution < -0.4 is 10.1 Å². The zero-order valence-corrected chi connectivity index (χ0v) is 15.4. The van der Waals surface area contributed by atoms with Crippen molar-refractivity contribution in [3.63, 3.8) is 0 Å². The second-order valence-electron chi connectivity index (χ2n) is 6.09. The molecular formula is C20H19N3O5. The number of hydrogen-bond donors (Lipinski definition) is 2. The monoisotopic (exact) mass is 381 g/mol. The number of pyridine rings is 1. The fourth-order valence-corrected chi connectivity index (χ4v) is 3.09. The number of rotatable bonds is 6. The van der Waals surface area contributed by atoms with Crippen molar-refractivity contribution in [2.45, 2.75) is 19.4 Å². The van der Waals surface area contributed by atoms with Crippen LogP contribution >= 0.6 is 0 Å². The molecule has 0 aliphatic heterocycles. The van der Waals surface area contributed by atoms with Gasteiger partial charge in [0.15, 0.2) is 0 Å². The number of carbonyl (C=O) groups excluding carboxylic acids is 1. The Morgan fingerprint density at radius 3 is 2.71 bits per heavy atom. The summed E-state index contributed by atoms with van der Waals surface area (Å²) in [6, 6.07) is 10.5. The number of para-hydroxylation sites is 1. The summed E-state index contributed by atoms with van der Waals surface area (Å²) >= 11 is 0. The van der Waals surface area contributed by atoms with E-state index in [1.165, 1.54) is 25.4 Å². The molecule has 28 heavy (non-hydrogen) atoms. The minimum Gasteiger partial charge on any atom is -0.505 e. The molecule has 0 aliphatic rings. The molecule has 1 atom stereocenters. The summed E-state index contributed by atoms with van der Waals surface area (Å²) in [4.78, 5) is 27.4. The number of phenolic OH excluding ortho intramolecular Hbond substituents is 1. The molecule has 1 heterocycles. The Balaban J connectivity index is 2.31. The molecular weight excluding hydrogens is 362 g/mol. The molecule has 1 amide bonds. The van der Waals surface area contributed by atoms with Gasteiger partial charge < -0.3 is 15.2 Å². The first-order valence-electron chi connectivity index (χ1n) is 8.65. The first kappa shape index (κ1) is 19.1. The molecule has 0 fully saturated rings. The molecule has 1 aromatic heterocycles. The average Bonchev–Trinajstić information content (AvgIpc) is 2.72. The number of phenols is 1. The van der Waals surface area contributed by atoms with Crippen molar-refractivity contribution < 1.29 is 19.6 Å². The van der Waals surface area contributed by atoms with Crippen molar-refractivity contribution in [1.82, 2.24) is 10.3 Å². The average molecular weight is 381 g/mol. The molecule has 0 saturated carbocycles. The van der Waals surface area contributed by atoms with E-state index in [1.54, 1.807) is 37.3 Å². The summed E-state index contributed by atoms with van der Waals surface area (Å²) in [5.41, 5.74) is 0.620. The number of nitro benzene ring substituents is 1. The first-order valence-corrected chi connectivity index (χ1v) is 8.65. The van der Waals surface area contributed by atoms with Crippen molar-refractivity contribution >= 4 is 22.5 Å². The molecule has 8 nitrogen and oxygen atoms in total. The SMILES string of the molecule is CCC(=O)NC(c1ccccc1OC)c1cc([N+](=O)[O-])c2cccnc2c1O. The molecule has 8 heteroatoms. The molecule has 144 valence electrons. The molecule has 2 aromatic carbocycles. The lowest BCUT2D eigenvalue weighted by atomic mass is 9.94. The van der Waals surface area contributed by atoms with Gasteiger partial charge in [-0.3, -0.25) is 19.9 Å². The van der Waals surface area contributed by atoms with E-state index in [0.717, 1.165) is 0 Å². The highest BCUT2D eigenvalue weighted by atomic mass is 16.6. The number of aromatic nitrogens is 1. The number of nitrogens with zero attached hydrogens (tertiary/aromatic N) is 2. The van der Waals surface area contributed by atoms with Gasteiger partial charge in [-0.2, -0.15) is 0 Å². The Labute approximate surface area is 160 Å². The van der Waals surface area contributed by atoms with Crippen LogP contribution in [0.25, 0.3) is 10.9 Å². The van der Waals surface area contributed by atoms with Crippen LogP contribution in [0.5, 0.6) is 11.5 Å². The quantitative estimate of drug-likeness (QED) is 0.499. The van der Waals surface area contributed by atoms with E-state index in [4.69, 9.17) is 4.74 Å². The Morgan fingerprint density at radius 1 is 1.29 bits per heavy atom. The maximum absolute atomic E-state index is 12.2. The lowest BCUT2D eigenvalue weighted by molar-refractivity contribution is -0.383. The van der Waals surface area contributed by atoms with E-state index in [1.807, 2.05) is 0 Å². The zero-order valence-electron chi connectivity index (χ0n) is 15.4. The van der Waals surface area contributed by atoms with Gasteiger partial charge in [0.05, 0.1) is 23.5 Å². The topological polar surface area (TPSA) is 115 Å². The number of nitro groups is 1. The zero-order chi connectivity index (χ0) is 20.3. The molecule has 0 saturated heterocycles. The highest BCUT2D eigenvalue weighted by Crippen LogP contribution is 2.41. The summed E-state index contributed by atoms with van der Waals surface area (Å²) < 4.78 is 5.39. The maximum Gasteiger partial charge on any atom is 0.279 e. The Kier molecular flexibility index (Phi) is 5.39. The van der Waals surface area contributed by atoms with E-state index in [2.05, 4.69) is 10.3 Å². The van der Waals surface area contributed by atoms with E-state index in [9.17, 15) is 20.0 Å². The van der Waals surface area contributed by atoms with E-state index in [0.29, 0.717) is 11.3 Å². The van der Waals surface area contributed by atoms with Gasteiger partial charge in [-0.25, -0.2) is 0 Å². The van der Waals surface area contributed by atoms with Gasteiger partial charge in [0, 0.05) is 29.8 Å². The summed E-state index contributed by atoms with van der Waals surface area (Å²) in [5, 5.41) is 25.5. The predicted molar refractivity (Wildman–Crippen MR) is 103 cm³/mol. The molecule has 3 aromatic rings. The number of methoxy groups -OCH3 is 1. The molecule has 2 N–H and O–H groups in total. The third kappa shape index (κ3) is 3.44. The Bertz CT molecular complexity index is 1050. The van der Waals surface area contributed by atoms with Gasteiger partial charge in [0.25, 0.3) is 5.69 Å². The lowest BCUT2D eigenvalue weighted by Crippen LogP contribution is -2.29. The normalized spacial score (nSPS) is 11.8. The standard InChI is InChI=1S/C20H19N3O5/c1-3-17(24)22-18(13-7-4-5-9-16(13)28-2)14-11-15(23(26)27)12-8-6-10-21-19(12)20(14)25/h4-11,18,25H,3H2,1-2H3,(H,22,24). The van der Waals surface area contributed by atoms with Gasteiger partial charge in [-0.1, -0.05) is 25.1 Å². The number of aromatic hydroxyl groups is 1. The van der Waals surface area contributed by atoms with Crippen molar-refractivity contribution in [2.75, 3.05) is 7.11 Å². The van der Waals surface area contributed by atoms with Gasteiger partial charge in [-0.05, 0) is 18.2 Å². The largest absolute Gasteiger partial charge is 0.505 e. The van der Waals surface area contributed by atoms with Gasteiger partial charge in [0.2, 0.25) is 5.91 Å². The second kappa shape index (κ2) is 7.91. The van der Waals surface area contributed by atoms with Gasteiger partial charge in [-0.15, -0.1) is 0 Å². The van der Waals surface area contributed by atoms with Crippen molar-refractivity contribution in [3.8, 4) is 11.5 Å². The van der Waals surface area contributed by atoms with Crippen molar-refractivity contribution in [2.24, 2.45) is 0 Å². The van der Waals surface area contributed by atoms with E-state index < -0.39 is 11.0 Å². The number of benzene rings is 2. The van der Waals surface area contributed by atoms with Crippen molar-refractivity contribution in [1.29, 1.82) is 0 Å². The van der Waals surface area contributed by atoms with Crippen LogP contribution in [-0.2, 0) is 4.79 Å². The van der Waals surface area contributed by atoms with Crippen molar-refractivity contribution in [3.05, 3.63) is 69.9 Å². The van der Waals surface area contributed by atoms with Crippen LogP contribution in [-0.4, -0.2) is 28.0 Å². The van der Waals surface area contributed by atoms with Gasteiger partial charge >= 0.3 is 0 Å². The number of fused-ring (bicyclic) bond motifs is 1. The maximum atomic E-state index is 12.2. The van der Waals surface area contributed by atoms with Crippen LogP contribution in [0.3, 0.4) is 0 Å². The molecule has 0 radical (unpaired) electrons. The van der Waals surface area contributed by atoms with Crippen LogP contribution in [0.4, 0.5) is 5.69 Å². The number of non-ortho nitro benzene ring substituents is 1. The molecule has 0 bridgehead atoms. The summed E-state index contributed by atoms with van der Waals surface area (Å²) in [6.07, 6.45) is 1.65. The minimum absolute atomic E-state index is 0.0948. The number of nitrogens with one attached hydrogen (secondary N) is 1. The Hall–Kier alpha value is -3.68. The summed E-state index contributed by atoms with van der Waals surface area (Å²) in [7, 11) is 1.49. The van der Waals surface area contributed by atoms with E-state index >= 15 is 0 Å². The van der Waals surface area contributed by atoms with Crippen LogP contribution in [0.2, 0.25) is 0 Å². The van der Waals surface area contributed by atoms with Crippen LogP contribution in [0, 0.1) is 10.1 Å². The van der Waals surface area contributed by atoms with Crippen LogP contribution in [0.15, 0.2) is 48.7 Å². The van der Waals surface area contributed by atoms with Gasteiger partial charge in [0.1, 0.15) is 17.0 Å². The number of ether oxygens (including phenoxy) is 1. The Morgan fingerprint density at radius 2 is 2.04 bits per heavy atom. The highest BCUT2D eigenvalue weighted by Gasteiger charge is 2.28.